The molecule has 1 unspecified atom stereocenters. The third-order valence-corrected chi connectivity index (χ3v) is 4.47. The first-order valence-corrected chi connectivity index (χ1v) is 8.41. The summed E-state index contributed by atoms with van der Waals surface area (Å²) < 4.78 is 0. The number of primary amides is 1. The summed E-state index contributed by atoms with van der Waals surface area (Å²) in [6.07, 6.45) is 3.29. The Bertz CT molecular complexity index is 756. The average Bonchev–Trinajstić information content (AvgIpc) is 2.64. The Morgan fingerprint density at radius 2 is 1.96 bits per heavy atom. The van der Waals surface area contributed by atoms with Crippen molar-refractivity contribution >= 4 is 23.3 Å². The normalized spacial score (nSPS) is 17.2. The van der Waals surface area contributed by atoms with E-state index in [-0.39, 0.29) is 17.7 Å². The van der Waals surface area contributed by atoms with Crippen LogP contribution in [0.1, 0.15) is 28.8 Å². The number of benzene rings is 1. The minimum absolute atomic E-state index is 0.139. The Morgan fingerprint density at radius 3 is 2.60 bits per heavy atom. The zero-order valence-electron chi connectivity index (χ0n) is 14.2. The van der Waals surface area contributed by atoms with Crippen LogP contribution in [-0.2, 0) is 4.79 Å². The summed E-state index contributed by atoms with van der Waals surface area (Å²) in [6, 6.07) is 11.2. The van der Waals surface area contributed by atoms with E-state index >= 15 is 0 Å². The van der Waals surface area contributed by atoms with Crippen LogP contribution in [0.25, 0.3) is 0 Å². The number of amides is 2. The smallest absolute Gasteiger partial charge is 0.257 e. The monoisotopic (exact) mass is 338 g/mol. The van der Waals surface area contributed by atoms with Crippen LogP contribution in [0.2, 0.25) is 0 Å². The SMILES string of the molecule is Cc1ccc(NC(=O)c2ccc(N3CCCC(C(N)=O)C3)nc2)cc1. The molecule has 2 heterocycles. The van der Waals surface area contributed by atoms with Gasteiger partial charge in [0.05, 0.1) is 11.5 Å². The standard InChI is InChI=1S/C19H22N4O2/c1-13-4-7-16(8-5-13)22-19(25)14-6-9-17(21-11-14)23-10-2-3-15(12-23)18(20)24/h4-9,11,15H,2-3,10,12H2,1H3,(H2,20,24)(H,22,25). The van der Waals surface area contributed by atoms with E-state index in [9.17, 15) is 9.59 Å². The number of carbonyl (C=O) groups excluding carboxylic acids is 2. The van der Waals surface area contributed by atoms with Gasteiger partial charge in [-0.15, -0.1) is 0 Å². The van der Waals surface area contributed by atoms with E-state index in [0.717, 1.165) is 36.5 Å². The molecular formula is C19H22N4O2. The fraction of sp³-hybridized carbons (Fsp3) is 0.316. The predicted molar refractivity (Wildman–Crippen MR) is 97.5 cm³/mol. The molecule has 1 aromatic heterocycles. The van der Waals surface area contributed by atoms with Crippen molar-refractivity contribution < 1.29 is 9.59 Å². The molecule has 2 amide bonds. The van der Waals surface area contributed by atoms with Gasteiger partial charge in [-0.3, -0.25) is 9.59 Å². The van der Waals surface area contributed by atoms with Crippen molar-refractivity contribution in [1.82, 2.24) is 4.98 Å². The van der Waals surface area contributed by atoms with Gasteiger partial charge in [0.25, 0.3) is 5.91 Å². The molecule has 0 radical (unpaired) electrons. The molecule has 1 aliphatic rings. The second kappa shape index (κ2) is 7.34. The minimum Gasteiger partial charge on any atom is -0.369 e. The molecule has 0 bridgehead atoms. The van der Waals surface area contributed by atoms with E-state index in [1.54, 1.807) is 12.3 Å². The molecule has 2 aromatic rings. The van der Waals surface area contributed by atoms with Crippen molar-refractivity contribution in [1.29, 1.82) is 0 Å². The third kappa shape index (κ3) is 4.15. The Labute approximate surface area is 147 Å². The largest absolute Gasteiger partial charge is 0.369 e. The molecular weight excluding hydrogens is 316 g/mol. The number of carbonyl (C=O) groups is 2. The van der Waals surface area contributed by atoms with Crippen LogP contribution < -0.4 is 16.0 Å². The van der Waals surface area contributed by atoms with Crippen molar-refractivity contribution in [3.63, 3.8) is 0 Å². The molecule has 1 atom stereocenters. The van der Waals surface area contributed by atoms with Gasteiger partial charge in [-0.2, -0.15) is 0 Å². The maximum absolute atomic E-state index is 12.3. The molecule has 0 aliphatic carbocycles. The quantitative estimate of drug-likeness (QED) is 0.895. The van der Waals surface area contributed by atoms with Gasteiger partial charge in [0.1, 0.15) is 5.82 Å². The van der Waals surface area contributed by atoms with E-state index in [0.29, 0.717) is 12.1 Å². The Hall–Kier alpha value is -2.89. The lowest BCUT2D eigenvalue weighted by molar-refractivity contribution is -0.122. The number of aromatic nitrogens is 1. The number of nitrogens with two attached hydrogens (primary N) is 1. The van der Waals surface area contributed by atoms with Gasteiger partial charge in [0.2, 0.25) is 5.91 Å². The number of anilines is 2. The van der Waals surface area contributed by atoms with Crippen LogP contribution >= 0.6 is 0 Å². The molecule has 6 nitrogen and oxygen atoms in total. The first-order chi connectivity index (χ1) is 12.0. The number of piperidine rings is 1. The molecule has 1 aliphatic heterocycles. The van der Waals surface area contributed by atoms with Gasteiger partial charge in [-0.05, 0) is 44.0 Å². The summed E-state index contributed by atoms with van der Waals surface area (Å²) in [5.41, 5.74) is 7.80. The van der Waals surface area contributed by atoms with Crippen molar-refractivity contribution in [2.45, 2.75) is 19.8 Å². The van der Waals surface area contributed by atoms with Gasteiger partial charge in [-0.1, -0.05) is 17.7 Å². The van der Waals surface area contributed by atoms with Crippen molar-refractivity contribution in [3.05, 3.63) is 53.7 Å². The van der Waals surface area contributed by atoms with Gasteiger partial charge in [0.15, 0.2) is 0 Å². The third-order valence-electron chi connectivity index (χ3n) is 4.47. The molecule has 3 N–H and O–H groups in total. The number of nitrogens with zero attached hydrogens (tertiary/aromatic N) is 2. The zero-order chi connectivity index (χ0) is 17.8. The van der Waals surface area contributed by atoms with Crippen molar-refractivity contribution in [2.24, 2.45) is 11.7 Å². The number of pyridine rings is 1. The van der Waals surface area contributed by atoms with E-state index in [4.69, 9.17) is 5.73 Å². The maximum Gasteiger partial charge on any atom is 0.257 e. The van der Waals surface area contributed by atoms with Crippen LogP contribution in [0.15, 0.2) is 42.6 Å². The van der Waals surface area contributed by atoms with E-state index in [1.807, 2.05) is 42.2 Å². The number of nitrogens with one attached hydrogen (secondary N) is 1. The van der Waals surface area contributed by atoms with Crippen LogP contribution in [0.3, 0.4) is 0 Å². The van der Waals surface area contributed by atoms with Gasteiger partial charge < -0.3 is 16.0 Å². The summed E-state index contributed by atoms with van der Waals surface area (Å²) >= 11 is 0. The van der Waals surface area contributed by atoms with Crippen molar-refractivity contribution in [2.75, 3.05) is 23.3 Å². The molecule has 0 saturated carbocycles. The Kier molecular flexibility index (Phi) is 4.97. The lowest BCUT2D eigenvalue weighted by atomic mass is 9.97. The molecule has 3 rings (SSSR count). The average molecular weight is 338 g/mol. The number of aryl methyl sites for hydroxylation is 1. The Balaban J connectivity index is 1.66. The molecule has 25 heavy (non-hydrogen) atoms. The van der Waals surface area contributed by atoms with Gasteiger partial charge in [0, 0.05) is 25.0 Å². The van der Waals surface area contributed by atoms with E-state index < -0.39 is 0 Å². The zero-order valence-corrected chi connectivity index (χ0v) is 14.2. The molecule has 1 aromatic carbocycles. The highest BCUT2D eigenvalue weighted by Crippen LogP contribution is 2.21. The first kappa shape index (κ1) is 17.0. The number of hydrogen-bond donors (Lipinski definition) is 2. The summed E-state index contributed by atoms with van der Waals surface area (Å²) in [4.78, 5) is 30.1. The molecule has 1 fully saturated rings. The highest BCUT2D eigenvalue weighted by Gasteiger charge is 2.24. The van der Waals surface area contributed by atoms with Crippen LogP contribution in [0, 0.1) is 12.8 Å². The van der Waals surface area contributed by atoms with Crippen LogP contribution in [0.5, 0.6) is 0 Å². The van der Waals surface area contributed by atoms with Crippen molar-refractivity contribution in [3.8, 4) is 0 Å². The summed E-state index contributed by atoms with van der Waals surface area (Å²) in [5.74, 6) is 0.160. The second-order valence-electron chi connectivity index (χ2n) is 6.41. The maximum atomic E-state index is 12.3. The van der Waals surface area contributed by atoms with E-state index in [2.05, 4.69) is 10.3 Å². The molecule has 130 valence electrons. The summed E-state index contributed by atoms with van der Waals surface area (Å²) in [7, 11) is 0. The topological polar surface area (TPSA) is 88.3 Å². The number of rotatable bonds is 4. The summed E-state index contributed by atoms with van der Waals surface area (Å²) in [6.45, 7) is 3.42. The van der Waals surface area contributed by atoms with Gasteiger partial charge >= 0.3 is 0 Å². The van der Waals surface area contributed by atoms with Gasteiger partial charge in [-0.25, -0.2) is 4.98 Å². The molecule has 1 saturated heterocycles. The summed E-state index contributed by atoms with van der Waals surface area (Å²) in [5, 5.41) is 2.85. The predicted octanol–water partition coefficient (Wildman–Crippen LogP) is 2.34. The second-order valence-corrected chi connectivity index (χ2v) is 6.41. The highest BCUT2D eigenvalue weighted by molar-refractivity contribution is 6.04. The molecule has 0 spiro atoms. The fourth-order valence-electron chi connectivity index (χ4n) is 2.97. The minimum atomic E-state index is -0.265. The highest BCUT2D eigenvalue weighted by atomic mass is 16.2. The number of hydrogen-bond acceptors (Lipinski definition) is 4. The van der Waals surface area contributed by atoms with Crippen LogP contribution in [0.4, 0.5) is 11.5 Å². The fourth-order valence-corrected chi connectivity index (χ4v) is 2.97. The van der Waals surface area contributed by atoms with E-state index in [1.165, 1.54) is 0 Å². The van der Waals surface area contributed by atoms with Crippen LogP contribution in [-0.4, -0.2) is 29.9 Å². The molecule has 6 heteroatoms. The lowest BCUT2D eigenvalue weighted by Gasteiger charge is -2.32. The Morgan fingerprint density at radius 1 is 1.20 bits per heavy atom. The lowest BCUT2D eigenvalue weighted by Crippen LogP contribution is -2.41. The first-order valence-electron chi connectivity index (χ1n) is 8.41.